The van der Waals surface area contributed by atoms with Crippen LogP contribution < -0.4 is 9.64 Å². The summed E-state index contributed by atoms with van der Waals surface area (Å²) in [6.45, 7) is 10.9. The van der Waals surface area contributed by atoms with Crippen LogP contribution >= 0.6 is 0 Å². The van der Waals surface area contributed by atoms with E-state index in [-0.39, 0.29) is 5.88 Å². The SMILES string of the molecule is Cc1ccc(C(C)C)cc1N1CCc2nc(-c3c(C)ccc4[nH]nc(C)c34)nc(OCC(F)F)c2C1. The van der Waals surface area contributed by atoms with E-state index in [1.165, 1.54) is 11.1 Å². The van der Waals surface area contributed by atoms with E-state index >= 15 is 0 Å². The Labute approximate surface area is 209 Å². The average Bonchev–Trinajstić information content (AvgIpc) is 3.22. The molecule has 6 nitrogen and oxygen atoms in total. The highest BCUT2D eigenvalue weighted by Crippen LogP contribution is 2.36. The first-order valence-electron chi connectivity index (χ1n) is 12.3. The number of H-pyrrole nitrogens is 1. The van der Waals surface area contributed by atoms with Crippen LogP contribution in [0.3, 0.4) is 0 Å². The van der Waals surface area contributed by atoms with Crippen LogP contribution in [0.4, 0.5) is 14.5 Å². The van der Waals surface area contributed by atoms with Gasteiger partial charge in [0.15, 0.2) is 12.4 Å². The van der Waals surface area contributed by atoms with Crippen molar-refractivity contribution >= 4 is 16.6 Å². The Hall–Kier alpha value is -3.55. The number of aromatic amines is 1. The zero-order valence-corrected chi connectivity index (χ0v) is 21.3. The summed E-state index contributed by atoms with van der Waals surface area (Å²) < 4.78 is 32.0. The molecule has 0 unspecified atom stereocenters. The lowest BCUT2D eigenvalue weighted by molar-refractivity contribution is 0.0789. The van der Waals surface area contributed by atoms with Crippen LogP contribution in [0.15, 0.2) is 30.3 Å². The van der Waals surface area contributed by atoms with Gasteiger partial charge in [-0.05, 0) is 55.5 Å². The van der Waals surface area contributed by atoms with Crippen molar-refractivity contribution < 1.29 is 13.5 Å². The molecule has 0 saturated carbocycles. The number of hydrogen-bond donors (Lipinski definition) is 1. The minimum atomic E-state index is -2.59. The Balaban J connectivity index is 1.61. The summed E-state index contributed by atoms with van der Waals surface area (Å²) in [5, 5.41) is 8.33. The minimum absolute atomic E-state index is 0.232. The highest BCUT2D eigenvalue weighted by Gasteiger charge is 2.27. The smallest absolute Gasteiger partial charge is 0.272 e. The number of rotatable bonds is 6. The zero-order valence-electron chi connectivity index (χ0n) is 21.3. The number of ether oxygens (including phenoxy) is 1. The van der Waals surface area contributed by atoms with E-state index in [4.69, 9.17) is 14.7 Å². The topological polar surface area (TPSA) is 66.9 Å². The molecule has 1 aliphatic rings. The molecule has 2 aromatic heterocycles. The fourth-order valence-electron chi connectivity index (χ4n) is 4.95. The zero-order chi connectivity index (χ0) is 25.6. The first kappa shape index (κ1) is 24.2. The van der Waals surface area contributed by atoms with E-state index < -0.39 is 13.0 Å². The lowest BCUT2D eigenvalue weighted by atomic mass is 9.98. The molecular weight excluding hydrogens is 460 g/mol. The summed E-state index contributed by atoms with van der Waals surface area (Å²) >= 11 is 0. The van der Waals surface area contributed by atoms with Gasteiger partial charge in [-0.1, -0.05) is 32.0 Å². The highest BCUT2D eigenvalue weighted by molar-refractivity contribution is 5.96. The van der Waals surface area contributed by atoms with Crippen LogP contribution in [0.1, 0.15) is 53.4 Å². The second-order valence-corrected chi connectivity index (χ2v) is 9.84. The quantitative estimate of drug-likeness (QED) is 0.344. The molecular formula is C28H31F2N5O. The summed E-state index contributed by atoms with van der Waals surface area (Å²) in [6.07, 6.45) is -1.93. The molecule has 5 rings (SSSR count). The first-order valence-corrected chi connectivity index (χ1v) is 12.3. The maximum Gasteiger partial charge on any atom is 0.272 e. The number of aromatic nitrogens is 4. The van der Waals surface area contributed by atoms with Gasteiger partial charge in [-0.3, -0.25) is 5.10 Å². The standard InChI is InChI=1S/C28H31F2N5O/c1-15(2)19-8-6-16(3)23(12-19)35-11-10-21-20(13-35)28(36-14-24(29)30)32-27(31-21)25-17(4)7-9-22-26(25)18(5)33-34-22/h6-9,12,15,24H,10-11,13-14H2,1-5H3,(H,33,34). The molecule has 0 atom stereocenters. The molecule has 36 heavy (non-hydrogen) atoms. The van der Waals surface area contributed by atoms with E-state index in [1.54, 1.807) is 0 Å². The number of alkyl halides is 2. The third-order valence-electron chi connectivity index (χ3n) is 6.95. The largest absolute Gasteiger partial charge is 0.471 e. The summed E-state index contributed by atoms with van der Waals surface area (Å²) in [5.41, 5.74) is 8.77. The van der Waals surface area contributed by atoms with Crippen molar-refractivity contribution in [2.75, 3.05) is 18.1 Å². The van der Waals surface area contributed by atoms with Crippen molar-refractivity contribution in [1.82, 2.24) is 20.2 Å². The highest BCUT2D eigenvalue weighted by atomic mass is 19.3. The van der Waals surface area contributed by atoms with Gasteiger partial charge in [0, 0.05) is 29.6 Å². The van der Waals surface area contributed by atoms with Crippen molar-refractivity contribution in [3.8, 4) is 17.3 Å². The molecule has 0 aliphatic carbocycles. The van der Waals surface area contributed by atoms with Crippen LogP contribution in [0.2, 0.25) is 0 Å². The lowest BCUT2D eigenvalue weighted by Crippen LogP contribution is -2.32. The minimum Gasteiger partial charge on any atom is -0.471 e. The Morgan fingerprint density at radius 2 is 1.83 bits per heavy atom. The number of aryl methyl sites for hydroxylation is 3. The molecule has 3 heterocycles. The Bertz CT molecular complexity index is 1430. The van der Waals surface area contributed by atoms with Crippen molar-refractivity contribution in [1.29, 1.82) is 0 Å². The molecule has 0 fully saturated rings. The van der Waals surface area contributed by atoms with Crippen molar-refractivity contribution in [2.24, 2.45) is 0 Å². The van der Waals surface area contributed by atoms with Gasteiger partial charge in [0.1, 0.15) is 0 Å². The molecule has 0 radical (unpaired) electrons. The number of hydrogen-bond acceptors (Lipinski definition) is 5. The predicted molar refractivity (Wildman–Crippen MR) is 138 cm³/mol. The van der Waals surface area contributed by atoms with Gasteiger partial charge in [-0.15, -0.1) is 0 Å². The fraction of sp³-hybridized carbons (Fsp3) is 0.393. The van der Waals surface area contributed by atoms with Gasteiger partial charge in [-0.25, -0.2) is 13.8 Å². The Morgan fingerprint density at radius 1 is 1.06 bits per heavy atom. The Morgan fingerprint density at radius 3 is 2.58 bits per heavy atom. The molecule has 0 amide bonds. The predicted octanol–water partition coefficient (Wildman–Crippen LogP) is 6.28. The number of nitrogens with zero attached hydrogens (tertiary/aromatic N) is 4. The van der Waals surface area contributed by atoms with E-state index in [9.17, 15) is 8.78 Å². The van der Waals surface area contributed by atoms with Crippen LogP contribution in [-0.4, -0.2) is 39.7 Å². The van der Waals surface area contributed by atoms with Gasteiger partial charge in [0.25, 0.3) is 6.43 Å². The van der Waals surface area contributed by atoms with Crippen molar-refractivity contribution in [2.45, 2.75) is 59.9 Å². The summed E-state index contributed by atoms with van der Waals surface area (Å²) in [4.78, 5) is 11.9. The molecule has 188 valence electrons. The third kappa shape index (κ3) is 4.40. The Kier molecular flexibility index (Phi) is 6.36. The van der Waals surface area contributed by atoms with Gasteiger partial charge >= 0.3 is 0 Å². The van der Waals surface area contributed by atoms with Crippen LogP contribution in [0.5, 0.6) is 5.88 Å². The molecule has 8 heteroatoms. The monoisotopic (exact) mass is 491 g/mol. The van der Waals surface area contributed by atoms with Crippen LogP contribution in [0.25, 0.3) is 22.3 Å². The molecule has 0 saturated heterocycles. The second kappa shape index (κ2) is 9.48. The average molecular weight is 492 g/mol. The number of anilines is 1. The summed E-state index contributed by atoms with van der Waals surface area (Å²) in [5.74, 6) is 1.13. The molecule has 0 spiro atoms. The number of halogens is 2. The van der Waals surface area contributed by atoms with Gasteiger partial charge in [-0.2, -0.15) is 10.1 Å². The number of nitrogens with one attached hydrogen (secondary N) is 1. The van der Waals surface area contributed by atoms with Crippen LogP contribution in [0, 0.1) is 20.8 Å². The summed E-state index contributed by atoms with van der Waals surface area (Å²) in [7, 11) is 0. The maximum atomic E-state index is 13.2. The van der Waals surface area contributed by atoms with Gasteiger partial charge in [0.2, 0.25) is 5.88 Å². The fourth-order valence-corrected chi connectivity index (χ4v) is 4.95. The van der Waals surface area contributed by atoms with E-state index in [0.29, 0.717) is 24.7 Å². The van der Waals surface area contributed by atoms with Gasteiger partial charge < -0.3 is 9.64 Å². The van der Waals surface area contributed by atoms with Crippen molar-refractivity contribution in [3.05, 3.63) is 64.0 Å². The molecule has 1 aliphatic heterocycles. The first-order chi connectivity index (χ1) is 17.2. The van der Waals surface area contributed by atoms with E-state index in [2.05, 4.69) is 54.1 Å². The number of fused-ring (bicyclic) bond motifs is 2. The van der Waals surface area contributed by atoms with Gasteiger partial charge in [0.05, 0.1) is 29.0 Å². The normalized spacial score (nSPS) is 13.6. The van der Waals surface area contributed by atoms with Crippen molar-refractivity contribution in [3.63, 3.8) is 0 Å². The molecule has 2 aromatic carbocycles. The van der Waals surface area contributed by atoms with Crippen LogP contribution in [-0.2, 0) is 13.0 Å². The van der Waals surface area contributed by atoms with E-state index in [0.717, 1.165) is 51.2 Å². The second-order valence-electron chi connectivity index (χ2n) is 9.84. The molecule has 0 bridgehead atoms. The lowest BCUT2D eigenvalue weighted by Gasteiger charge is -2.32. The maximum absolute atomic E-state index is 13.2. The molecule has 4 aromatic rings. The van der Waals surface area contributed by atoms with E-state index in [1.807, 2.05) is 26.0 Å². The third-order valence-corrected chi connectivity index (χ3v) is 6.95. The molecule has 1 N–H and O–H groups in total. The summed E-state index contributed by atoms with van der Waals surface area (Å²) in [6, 6.07) is 10.5. The number of benzene rings is 2.